The van der Waals surface area contributed by atoms with Crippen LogP contribution in [-0.2, 0) is 22.2 Å². The van der Waals surface area contributed by atoms with Gasteiger partial charge in [-0.2, -0.15) is 13.2 Å². The number of halogens is 4. The maximum atomic E-state index is 13.1. The standard InChI is InChI=1S/C21H18F3NO4.C18H14FNO4/c1-11(20(27)28)18-12(2)25(17-9-8-15(29-3)10-16(17)18)19(26)13-4-6-14(7-5-13)21(22,23)24;1-10-14(9-17(22)23)15-8-13(21)6-7-16(15)20(10)18(24)11-2-4-12(19)5-3-11/h4-11H,1-3H3,(H,27,28);2-8,21H,9H2,1H3,(H,22,23). The van der Waals surface area contributed by atoms with E-state index in [1.807, 2.05) is 0 Å². The lowest BCUT2D eigenvalue weighted by molar-refractivity contribution is -0.139. The molecule has 4 aromatic carbocycles. The summed E-state index contributed by atoms with van der Waals surface area (Å²) in [5, 5.41) is 29.3. The van der Waals surface area contributed by atoms with Gasteiger partial charge in [0, 0.05) is 33.3 Å². The topological polar surface area (TPSA) is 148 Å². The van der Waals surface area contributed by atoms with Crippen molar-refractivity contribution in [2.24, 2.45) is 0 Å². The lowest BCUT2D eigenvalue weighted by Crippen LogP contribution is -2.15. The van der Waals surface area contributed by atoms with Crippen LogP contribution in [0.25, 0.3) is 21.8 Å². The number of fused-ring (bicyclic) bond motifs is 2. The van der Waals surface area contributed by atoms with Gasteiger partial charge in [-0.1, -0.05) is 0 Å². The third-order valence-corrected chi connectivity index (χ3v) is 8.87. The minimum Gasteiger partial charge on any atom is -0.508 e. The fourth-order valence-electron chi connectivity index (χ4n) is 6.24. The van der Waals surface area contributed by atoms with Crippen molar-refractivity contribution < 1.29 is 56.8 Å². The Hall–Kier alpha value is -6.44. The maximum absolute atomic E-state index is 13.1. The molecule has 6 rings (SSSR count). The van der Waals surface area contributed by atoms with Gasteiger partial charge in [0.2, 0.25) is 0 Å². The zero-order valence-corrected chi connectivity index (χ0v) is 28.7. The number of aromatic hydroxyl groups is 1. The molecule has 2 aromatic heterocycles. The van der Waals surface area contributed by atoms with E-state index in [1.165, 1.54) is 59.6 Å². The molecular formula is C39H32F4N2O8. The Kier molecular flexibility index (Phi) is 10.5. The third kappa shape index (κ3) is 7.47. The molecule has 0 aliphatic rings. The van der Waals surface area contributed by atoms with E-state index in [0.29, 0.717) is 50.1 Å². The van der Waals surface area contributed by atoms with E-state index < -0.39 is 41.3 Å². The second kappa shape index (κ2) is 14.7. The monoisotopic (exact) mass is 732 g/mol. The van der Waals surface area contributed by atoms with E-state index in [-0.39, 0.29) is 29.2 Å². The number of rotatable bonds is 7. The second-order valence-electron chi connectivity index (χ2n) is 12.1. The van der Waals surface area contributed by atoms with Crippen molar-refractivity contribution >= 4 is 45.6 Å². The molecule has 0 amide bonds. The van der Waals surface area contributed by atoms with Crippen LogP contribution < -0.4 is 4.74 Å². The Bertz CT molecular complexity index is 2390. The molecule has 0 radical (unpaired) electrons. The van der Waals surface area contributed by atoms with E-state index in [4.69, 9.17) is 9.84 Å². The van der Waals surface area contributed by atoms with E-state index in [0.717, 1.165) is 24.3 Å². The highest BCUT2D eigenvalue weighted by Gasteiger charge is 2.31. The summed E-state index contributed by atoms with van der Waals surface area (Å²) < 4.78 is 59.4. The first kappa shape index (κ1) is 37.8. The van der Waals surface area contributed by atoms with Gasteiger partial charge in [-0.25, -0.2) is 4.39 Å². The Morgan fingerprint density at radius 3 is 1.81 bits per heavy atom. The largest absolute Gasteiger partial charge is 0.508 e. The molecule has 0 spiro atoms. The maximum Gasteiger partial charge on any atom is 0.416 e. The number of aromatic nitrogens is 2. The number of hydrogen-bond acceptors (Lipinski definition) is 6. The van der Waals surface area contributed by atoms with Gasteiger partial charge in [0.25, 0.3) is 11.8 Å². The number of ether oxygens (including phenoxy) is 1. The SMILES string of the molecule is COc1ccc2c(c1)c(C(C)C(=O)O)c(C)n2C(=O)c1ccc(C(F)(F)F)cc1.Cc1c(CC(=O)O)c2cc(O)ccc2n1C(=O)c1ccc(F)cc1. The number of carboxylic acids is 2. The molecule has 0 saturated heterocycles. The fraction of sp³-hybridized carbons (Fsp3) is 0.179. The molecule has 10 nitrogen and oxygen atoms in total. The average molecular weight is 733 g/mol. The molecule has 1 atom stereocenters. The molecule has 1 unspecified atom stereocenters. The molecule has 274 valence electrons. The van der Waals surface area contributed by atoms with Crippen LogP contribution in [0.4, 0.5) is 17.6 Å². The third-order valence-electron chi connectivity index (χ3n) is 8.87. The highest BCUT2D eigenvalue weighted by atomic mass is 19.4. The highest BCUT2D eigenvalue weighted by Crippen LogP contribution is 2.36. The molecule has 2 heterocycles. The molecule has 0 bridgehead atoms. The first-order valence-corrected chi connectivity index (χ1v) is 15.9. The summed E-state index contributed by atoms with van der Waals surface area (Å²) in [6.45, 7) is 4.77. The quantitative estimate of drug-likeness (QED) is 0.140. The van der Waals surface area contributed by atoms with Crippen LogP contribution in [0.15, 0.2) is 84.9 Å². The molecule has 53 heavy (non-hydrogen) atoms. The van der Waals surface area contributed by atoms with Gasteiger partial charge >= 0.3 is 18.1 Å². The van der Waals surface area contributed by atoms with Crippen LogP contribution in [0.1, 0.15) is 61.6 Å². The van der Waals surface area contributed by atoms with Gasteiger partial charge in [-0.15, -0.1) is 0 Å². The van der Waals surface area contributed by atoms with Gasteiger partial charge in [0.05, 0.1) is 36.0 Å². The number of alkyl halides is 3. The number of phenols is 1. The summed E-state index contributed by atoms with van der Waals surface area (Å²) in [5.74, 6) is -3.89. The molecule has 0 aliphatic carbocycles. The zero-order chi connectivity index (χ0) is 38.9. The van der Waals surface area contributed by atoms with Gasteiger partial charge in [-0.3, -0.25) is 28.3 Å². The minimum absolute atomic E-state index is 0.0134. The Labute approximate surface area is 299 Å². The summed E-state index contributed by atoms with van der Waals surface area (Å²) >= 11 is 0. The van der Waals surface area contributed by atoms with Gasteiger partial charge in [0.1, 0.15) is 17.3 Å². The summed E-state index contributed by atoms with van der Waals surface area (Å²) in [6.07, 6.45) is -4.77. The van der Waals surface area contributed by atoms with Crippen LogP contribution >= 0.6 is 0 Å². The van der Waals surface area contributed by atoms with E-state index in [2.05, 4.69) is 0 Å². The molecule has 3 N–H and O–H groups in total. The van der Waals surface area contributed by atoms with Crippen molar-refractivity contribution in [2.45, 2.75) is 39.3 Å². The van der Waals surface area contributed by atoms with Crippen LogP contribution in [-0.4, -0.2) is 55.3 Å². The number of nitrogens with zero attached hydrogens (tertiary/aromatic N) is 2. The molecule has 0 fully saturated rings. The predicted octanol–water partition coefficient (Wildman–Crippen LogP) is 7.96. The second-order valence-corrected chi connectivity index (χ2v) is 12.1. The lowest BCUT2D eigenvalue weighted by Gasteiger charge is -2.11. The number of carboxylic acid groups (broad SMARTS) is 2. The smallest absolute Gasteiger partial charge is 0.416 e. The molecule has 0 saturated carbocycles. The van der Waals surface area contributed by atoms with E-state index in [9.17, 15) is 47.0 Å². The normalized spacial score (nSPS) is 11.9. The Balaban J connectivity index is 0.000000208. The number of carbonyl (C=O) groups is 4. The van der Waals surface area contributed by atoms with Crippen LogP contribution in [0.2, 0.25) is 0 Å². The Morgan fingerprint density at radius 1 is 0.755 bits per heavy atom. The molecular weight excluding hydrogens is 700 g/mol. The fourth-order valence-corrected chi connectivity index (χ4v) is 6.24. The van der Waals surface area contributed by atoms with Gasteiger partial charge in [0.15, 0.2) is 0 Å². The van der Waals surface area contributed by atoms with E-state index >= 15 is 0 Å². The highest BCUT2D eigenvalue weighted by molar-refractivity contribution is 6.06. The van der Waals surface area contributed by atoms with Crippen LogP contribution in [0, 0.1) is 19.7 Å². The van der Waals surface area contributed by atoms with Crippen molar-refractivity contribution in [3.8, 4) is 11.5 Å². The van der Waals surface area contributed by atoms with Crippen LogP contribution in [0.5, 0.6) is 11.5 Å². The summed E-state index contributed by atoms with van der Waals surface area (Å²) in [5.41, 5.74) is 2.24. The van der Waals surface area contributed by atoms with Crippen molar-refractivity contribution in [2.75, 3.05) is 7.11 Å². The lowest BCUT2D eigenvalue weighted by atomic mass is 9.98. The number of carbonyl (C=O) groups excluding carboxylic acids is 2. The van der Waals surface area contributed by atoms with Crippen molar-refractivity contribution in [3.05, 3.63) is 130 Å². The molecule has 6 aromatic rings. The van der Waals surface area contributed by atoms with Crippen molar-refractivity contribution in [3.63, 3.8) is 0 Å². The van der Waals surface area contributed by atoms with Crippen LogP contribution in [0.3, 0.4) is 0 Å². The minimum atomic E-state index is -4.50. The summed E-state index contributed by atoms with van der Waals surface area (Å²) in [6, 6.07) is 18.4. The Morgan fingerprint density at radius 2 is 1.28 bits per heavy atom. The summed E-state index contributed by atoms with van der Waals surface area (Å²) in [4.78, 5) is 48.6. The predicted molar refractivity (Wildman–Crippen MR) is 186 cm³/mol. The van der Waals surface area contributed by atoms with Gasteiger partial charge in [-0.05, 0) is 117 Å². The van der Waals surface area contributed by atoms with Crippen molar-refractivity contribution in [1.29, 1.82) is 0 Å². The number of methoxy groups -OCH3 is 1. The number of phenolic OH excluding ortho intramolecular Hbond substituents is 1. The van der Waals surface area contributed by atoms with Crippen molar-refractivity contribution in [1.82, 2.24) is 9.13 Å². The first-order valence-electron chi connectivity index (χ1n) is 15.9. The summed E-state index contributed by atoms with van der Waals surface area (Å²) in [7, 11) is 1.47. The average Bonchev–Trinajstić information content (AvgIpc) is 3.55. The van der Waals surface area contributed by atoms with Gasteiger partial charge < -0.3 is 20.1 Å². The number of benzene rings is 4. The molecule has 0 aliphatic heterocycles. The first-order chi connectivity index (χ1) is 24.9. The van der Waals surface area contributed by atoms with E-state index in [1.54, 1.807) is 38.1 Å². The number of hydrogen-bond donors (Lipinski definition) is 3. The molecule has 14 heteroatoms. The number of aliphatic carboxylic acids is 2. The zero-order valence-electron chi connectivity index (χ0n) is 28.7.